The van der Waals surface area contributed by atoms with Gasteiger partial charge in [0.25, 0.3) is 5.91 Å². The van der Waals surface area contributed by atoms with E-state index in [1.54, 1.807) is 12.1 Å². The summed E-state index contributed by atoms with van der Waals surface area (Å²) in [5.74, 6) is 0.795. The Morgan fingerprint density at radius 2 is 1.93 bits per heavy atom. The van der Waals surface area contributed by atoms with Crippen molar-refractivity contribution in [3.05, 3.63) is 52.7 Å². The van der Waals surface area contributed by atoms with Gasteiger partial charge in [-0.15, -0.1) is 0 Å². The number of hydrogen-bond acceptors (Lipinski definition) is 3. The number of nitrogens with zero attached hydrogens (tertiary/aromatic N) is 2. The Morgan fingerprint density at radius 1 is 1.22 bits per heavy atom. The van der Waals surface area contributed by atoms with Gasteiger partial charge >= 0.3 is 6.18 Å². The van der Waals surface area contributed by atoms with Crippen LogP contribution in [0.3, 0.4) is 0 Å². The maximum absolute atomic E-state index is 13.1. The number of aromatic nitrogens is 1. The molecule has 27 heavy (non-hydrogen) atoms. The number of alkyl halides is 3. The van der Waals surface area contributed by atoms with Crippen LogP contribution in [0.5, 0.6) is 0 Å². The first-order valence-electron chi connectivity index (χ1n) is 8.63. The molecular weight excluding hydrogens is 379 g/mol. The molecule has 1 aromatic heterocycles. The molecule has 1 aliphatic rings. The molecule has 2 aromatic rings. The number of halogens is 4. The van der Waals surface area contributed by atoms with E-state index in [1.165, 1.54) is 12.3 Å². The lowest BCUT2D eigenvalue weighted by atomic mass is 9.99. The highest BCUT2D eigenvalue weighted by Crippen LogP contribution is 2.36. The number of carbonyl (C=O) groups excluding carboxylic acids is 1. The SMILES string of the molecule is CC1CCN(c2ccc(C(=O)Nc3ccc(Cl)cc3C(F)(F)F)cn2)CC1. The standard InChI is InChI=1S/C19H19ClF3N3O/c1-12-6-8-26(9-7-12)17-5-2-13(11-24-17)18(27)25-16-4-3-14(20)10-15(16)19(21,22)23/h2-5,10-12H,6-9H2,1H3,(H,25,27). The van der Waals surface area contributed by atoms with E-state index in [0.717, 1.165) is 43.9 Å². The minimum Gasteiger partial charge on any atom is -0.357 e. The average molecular weight is 398 g/mol. The van der Waals surface area contributed by atoms with Crippen molar-refractivity contribution in [1.29, 1.82) is 0 Å². The second kappa shape index (κ2) is 7.76. The molecule has 0 saturated carbocycles. The van der Waals surface area contributed by atoms with Gasteiger partial charge in [-0.1, -0.05) is 18.5 Å². The van der Waals surface area contributed by atoms with Crippen LogP contribution in [-0.2, 0) is 6.18 Å². The lowest BCUT2D eigenvalue weighted by Crippen LogP contribution is -2.33. The van der Waals surface area contributed by atoms with E-state index < -0.39 is 17.6 Å². The smallest absolute Gasteiger partial charge is 0.357 e. The third kappa shape index (κ3) is 4.71. The molecule has 8 heteroatoms. The van der Waals surface area contributed by atoms with E-state index in [1.807, 2.05) is 0 Å². The first kappa shape index (κ1) is 19.5. The number of nitrogens with one attached hydrogen (secondary N) is 1. The molecule has 4 nitrogen and oxygen atoms in total. The highest BCUT2D eigenvalue weighted by atomic mass is 35.5. The van der Waals surface area contributed by atoms with Gasteiger partial charge < -0.3 is 10.2 Å². The number of rotatable bonds is 3. The Balaban J connectivity index is 1.74. The van der Waals surface area contributed by atoms with Crippen molar-refractivity contribution in [2.75, 3.05) is 23.3 Å². The van der Waals surface area contributed by atoms with Gasteiger partial charge in [0.1, 0.15) is 5.82 Å². The van der Waals surface area contributed by atoms with Crippen LogP contribution in [0.4, 0.5) is 24.7 Å². The molecule has 1 amide bonds. The fourth-order valence-electron chi connectivity index (χ4n) is 3.00. The Labute approximate surface area is 160 Å². The van der Waals surface area contributed by atoms with Gasteiger partial charge in [-0.25, -0.2) is 4.98 Å². The quantitative estimate of drug-likeness (QED) is 0.770. The van der Waals surface area contributed by atoms with Crippen molar-refractivity contribution in [3.63, 3.8) is 0 Å². The lowest BCUT2D eigenvalue weighted by molar-refractivity contribution is -0.136. The van der Waals surface area contributed by atoms with Crippen LogP contribution in [0, 0.1) is 5.92 Å². The van der Waals surface area contributed by atoms with Gasteiger partial charge in [0, 0.05) is 24.3 Å². The Bertz CT molecular complexity index is 816. The van der Waals surface area contributed by atoms with Crippen LogP contribution in [0.1, 0.15) is 35.7 Å². The van der Waals surface area contributed by atoms with Crippen LogP contribution in [0.2, 0.25) is 5.02 Å². The summed E-state index contributed by atoms with van der Waals surface area (Å²) in [7, 11) is 0. The second-order valence-corrected chi connectivity index (χ2v) is 7.15. The molecule has 3 rings (SSSR count). The third-order valence-electron chi connectivity index (χ3n) is 4.65. The van der Waals surface area contributed by atoms with E-state index in [2.05, 4.69) is 22.1 Å². The molecule has 1 aromatic carbocycles. The average Bonchev–Trinajstić information content (AvgIpc) is 2.63. The molecular formula is C19H19ClF3N3O. The van der Waals surface area contributed by atoms with Gasteiger partial charge in [0.05, 0.1) is 16.8 Å². The van der Waals surface area contributed by atoms with E-state index in [-0.39, 0.29) is 16.3 Å². The summed E-state index contributed by atoms with van der Waals surface area (Å²) in [6, 6.07) is 6.51. The summed E-state index contributed by atoms with van der Waals surface area (Å²) in [6.45, 7) is 4.02. The maximum Gasteiger partial charge on any atom is 0.418 e. The van der Waals surface area contributed by atoms with Crippen molar-refractivity contribution in [3.8, 4) is 0 Å². The molecule has 1 N–H and O–H groups in total. The van der Waals surface area contributed by atoms with Crippen LogP contribution < -0.4 is 10.2 Å². The van der Waals surface area contributed by atoms with Crippen LogP contribution >= 0.6 is 11.6 Å². The number of carbonyl (C=O) groups is 1. The monoisotopic (exact) mass is 397 g/mol. The molecule has 1 aliphatic heterocycles. The second-order valence-electron chi connectivity index (χ2n) is 6.72. The topological polar surface area (TPSA) is 45.2 Å². The predicted molar refractivity (Wildman–Crippen MR) is 99.3 cm³/mol. The summed E-state index contributed by atoms with van der Waals surface area (Å²) in [5.41, 5.74) is -1.14. The summed E-state index contributed by atoms with van der Waals surface area (Å²) >= 11 is 5.65. The van der Waals surface area contributed by atoms with Crippen LogP contribution in [0.25, 0.3) is 0 Å². The van der Waals surface area contributed by atoms with Gasteiger partial charge in [0.15, 0.2) is 0 Å². The molecule has 0 bridgehead atoms. The maximum atomic E-state index is 13.1. The van der Waals surface area contributed by atoms with Gasteiger partial charge in [0.2, 0.25) is 0 Å². The van der Waals surface area contributed by atoms with Crippen molar-refractivity contribution in [1.82, 2.24) is 4.98 Å². The largest absolute Gasteiger partial charge is 0.418 e. The molecule has 0 aliphatic carbocycles. The van der Waals surface area contributed by atoms with Crippen molar-refractivity contribution >= 4 is 29.0 Å². The number of anilines is 2. The molecule has 144 valence electrons. The summed E-state index contributed by atoms with van der Waals surface area (Å²) in [4.78, 5) is 18.8. The minimum absolute atomic E-state index is 0.0535. The van der Waals surface area contributed by atoms with E-state index in [0.29, 0.717) is 5.92 Å². The molecule has 2 heterocycles. The minimum atomic E-state index is -4.62. The number of amides is 1. The van der Waals surface area contributed by atoms with Gasteiger partial charge in [-0.3, -0.25) is 4.79 Å². The zero-order valence-corrected chi connectivity index (χ0v) is 15.4. The molecule has 0 spiro atoms. The van der Waals surface area contributed by atoms with Crippen molar-refractivity contribution in [2.24, 2.45) is 5.92 Å². The molecule has 0 atom stereocenters. The van der Waals surface area contributed by atoms with Crippen molar-refractivity contribution in [2.45, 2.75) is 25.9 Å². The van der Waals surface area contributed by atoms with Gasteiger partial charge in [-0.05, 0) is 49.1 Å². The summed E-state index contributed by atoms with van der Waals surface area (Å²) < 4.78 is 39.4. The fourth-order valence-corrected chi connectivity index (χ4v) is 3.17. The van der Waals surface area contributed by atoms with Gasteiger partial charge in [-0.2, -0.15) is 13.2 Å². The fraction of sp³-hybridized carbons (Fsp3) is 0.368. The molecule has 1 saturated heterocycles. The zero-order valence-electron chi connectivity index (χ0n) is 14.7. The Morgan fingerprint density at radius 3 is 2.52 bits per heavy atom. The predicted octanol–water partition coefficient (Wildman–Crippen LogP) is 5.24. The summed E-state index contributed by atoms with van der Waals surface area (Å²) in [5, 5.41) is 2.24. The summed E-state index contributed by atoms with van der Waals surface area (Å²) in [6.07, 6.45) is -1.08. The number of piperidine rings is 1. The Hall–Kier alpha value is -2.28. The first-order chi connectivity index (χ1) is 12.7. The van der Waals surface area contributed by atoms with Crippen molar-refractivity contribution < 1.29 is 18.0 Å². The van der Waals surface area contributed by atoms with Crippen LogP contribution in [-0.4, -0.2) is 24.0 Å². The number of pyridine rings is 1. The van der Waals surface area contributed by atoms with Crippen LogP contribution in [0.15, 0.2) is 36.5 Å². The number of hydrogen-bond donors (Lipinski definition) is 1. The first-order valence-corrected chi connectivity index (χ1v) is 9.01. The normalized spacial score (nSPS) is 15.7. The zero-order chi connectivity index (χ0) is 19.6. The lowest BCUT2D eigenvalue weighted by Gasteiger charge is -2.31. The Kier molecular flexibility index (Phi) is 5.60. The highest BCUT2D eigenvalue weighted by molar-refractivity contribution is 6.30. The highest BCUT2D eigenvalue weighted by Gasteiger charge is 2.34. The third-order valence-corrected chi connectivity index (χ3v) is 4.89. The van der Waals surface area contributed by atoms with E-state index in [4.69, 9.17) is 11.6 Å². The van der Waals surface area contributed by atoms with E-state index in [9.17, 15) is 18.0 Å². The molecule has 1 fully saturated rings. The molecule has 0 radical (unpaired) electrons. The molecule has 0 unspecified atom stereocenters. The van der Waals surface area contributed by atoms with E-state index >= 15 is 0 Å². The number of benzene rings is 1.